The zero-order valence-electron chi connectivity index (χ0n) is 14.2. The molecule has 0 saturated heterocycles. The Kier molecular flexibility index (Phi) is 14.6. The summed E-state index contributed by atoms with van der Waals surface area (Å²) in [5.41, 5.74) is 6.15. The number of halogens is 1. The predicted molar refractivity (Wildman–Crippen MR) is 97.6 cm³/mol. The van der Waals surface area contributed by atoms with Crippen LogP contribution in [0.25, 0.3) is 0 Å². The Morgan fingerprint density at radius 3 is 2.32 bits per heavy atom. The first-order chi connectivity index (χ1) is 12.1. The average molecular weight is 414 g/mol. The van der Waals surface area contributed by atoms with Crippen molar-refractivity contribution in [2.75, 3.05) is 19.5 Å². The molecule has 2 aromatic heterocycles. The van der Waals surface area contributed by atoms with Gasteiger partial charge in [0.15, 0.2) is 0 Å². The molecular formula is C15H20BrN5O4. The fourth-order valence-corrected chi connectivity index (χ4v) is 1.70. The van der Waals surface area contributed by atoms with Gasteiger partial charge in [-0.2, -0.15) is 4.98 Å². The van der Waals surface area contributed by atoms with Crippen LogP contribution < -0.4 is 15.8 Å². The van der Waals surface area contributed by atoms with E-state index in [0.717, 1.165) is 10.0 Å². The van der Waals surface area contributed by atoms with Gasteiger partial charge in [0.1, 0.15) is 31.3 Å². The second-order valence-electron chi connectivity index (χ2n) is 3.72. The van der Waals surface area contributed by atoms with Crippen LogP contribution in [0.3, 0.4) is 0 Å². The van der Waals surface area contributed by atoms with E-state index in [0.29, 0.717) is 17.3 Å². The van der Waals surface area contributed by atoms with Crippen molar-refractivity contribution in [3.05, 3.63) is 40.5 Å². The number of methoxy groups -OCH3 is 1. The van der Waals surface area contributed by atoms with Gasteiger partial charge in [0.2, 0.25) is 5.88 Å². The molecule has 0 aliphatic rings. The molecule has 0 bridgehead atoms. The van der Waals surface area contributed by atoms with Crippen LogP contribution in [0.2, 0.25) is 0 Å². The summed E-state index contributed by atoms with van der Waals surface area (Å²) in [5.74, 6) is -0.0525. The van der Waals surface area contributed by atoms with Crippen LogP contribution in [0.15, 0.2) is 29.3 Å². The maximum atomic E-state index is 12.0. The minimum atomic E-state index is -0.353. The van der Waals surface area contributed by atoms with Gasteiger partial charge < -0.3 is 25.4 Å². The van der Waals surface area contributed by atoms with Gasteiger partial charge in [-0.1, -0.05) is 15.9 Å². The molecule has 2 heterocycles. The topological polar surface area (TPSA) is 137 Å². The lowest BCUT2D eigenvalue weighted by atomic mass is 10.2. The summed E-state index contributed by atoms with van der Waals surface area (Å²) >= 11 is 3.36. The maximum Gasteiger partial charge on any atom is 0.274 e. The average Bonchev–Trinajstić information content (AvgIpc) is 2.69. The molecule has 2 rings (SSSR count). The molecule has 25 heavy (non-hydrogen) atoms. The fourth-order valence-electron chi connectivity index (χ4n) is 1.38. The molecule has 0 unspecified atom stereocenters. The normalized spacial score (nSPS) is 8.20. The zero-order valence-corrected chi connectivity index (χ0v) is 15.7. The molecule has 0 fully saturated rings. The summed E-state index contributed by atoms with van der Waals surface area (Å²) in [7, 11) is 2.97. The van der Waals surface area contributed by atoms with Crippen LogP contribution in [-0.2, 0) is 9.59 Å². The minimum Gasteiger partial charge on any atom is -0.479 e. The van der Waals surface area contributed by atoms with Gasteiger partial charge in [-0.3, -0.25) is 9.78 Å². The van der Waals surface area contributed by atoms with Crippen molar-refractivity contribution in [2.45, 2.75) is 6.92 Å². The van der Waals surface area contributed by atoms with Gasteiger partial charge in [-0.25, -0.2) is 4.98 Å². The Morgan fingerprint density at radius 1 is 1.20 bits per heavy atom. The fraction of sp³-hybridized carbons (Fsp3) is 0.200. The number of hydrogen-bond acceptors (Lipinski definition) is 8. The van der Waals surface area contributed by atoms with Crippen LogP contribution in [0, 0.1) is 6.92 Å². The van der Waals surface area contributed by atoms with E-state index in [9.17, 15) is 4.79 Å². The summed E-state index contributed by atoms with van der Waals surface area (Å²) in [4.78, 5) is 39.8. The number of anilines is 1. The Labute approximate surface area is 154 Å². The maximum absolute atomic E-state index is 12.0. The number of amides is 1. The number of carbonyl (C=O) groups is 3. The van der Waals surface area contributed by atoms with Gasteiger partial charge in [-0.15, -0.1) is 0 Å². The van der Waals surface area contributed by atoms with Crippen molar-refractivity contribution < 1.29 is 19.1 Å². The summed E-state index contributed by atoms with van der Waals surface area (Å²) in [6.07, 6.45) is 4.43. The number of carbonyl (C=O) groups excluding carboxylic acids is 3. The first-order valence-corrected chi connectivity index (χ1v) is 7.34. The lowest BCUT2D eigenvalue weighted by Crippen LogP contribution is -2.15. The van der Waals surface area contributed by atoms with E-state index in [4.69, 9.17) is 14.3 Å². The lowest BCUT2D eigenvalue weighted by molar-refractivity contribution is -0.0987. The van der Waals surface area contributed by atoms with E-state index < -0.39 is 0 Å². The first kappa shape index (κ1) is 24.5. The smallest absolute Gasteiger partial charge is 0.274 e. The highest BCUT2D eigenvalue weighted by Gasteiger charge is 2.12. The molecule has 2 aromatic rings. The van der Waals surface area contributed by atoms with E-state index >= 15 is 0 Å². The molecule has 136 valence electrons. The standard InChI is InChI=1S/C12H11BrN4O2.CH5N.2CH2O/c1-7-4-15-9(3-8(7)13)11(18)17-10-5-14-6-16-12(10)19-2;3*1-2/h3-6H,1-2H3,(H,17,18);2H2,1H3;2*1H2. The number of nitrogens with two attached hydrogens (primary N) is 1. The number of pyridine rings is 1. The second kappa shape index (κ2) is 14.8. The van der Waals surface area contributed by atoms with Crippen molar-refractivity contribution in [2.24, 2.45) is 5.73 Å². The van der Waals surface area contributed by atoms with Crippen molar-refractivity contribution in [3.8, 4) is 5.88 Å². The Balaban J connectivity index is 0. The molecule has 9 nitrogen and oxygen atoms in total. The van der Waals surface area contributed by atoms with Crippen LogP contribution in [-0.4, -0.2) is 48.6 Å². The van der Waals surface area contributed by atoms with Crippen LogP contribution >= 0.6 is 15.9 Å². The predicted octanol–water partition coefficient (Wildman–Crippen LogP) is 1.41. The molecule has 0 saturated carbocycles. The van der Waals surface area contributed by atoms with Gasteiger partial charge in [0.05, 0.1) is 13.3 Å². The SMILES string of the molecule is C=O.C=O.CN.COc1ncncc1NC(=O)c1cc(Br)c(C)cn1. The molecule has 0 radical (unpaired) electrons. The Bertz CT molecular complexity index is 656. The summed E-state index contributed by atoms with van der Waals surface area (Å²) in [6.45, 7) is 5.90. The molecule has 0 atom stereocenters. The highest BCUT2D eigenvalue weighted by atomic mass is 79.9. The molecule has 0 aliphatic heterocycles. The molecule has 0 aromatic carbocycles. The van der Waals surface area contributed by atoms with Crippen molar-refractivity contribution in [1.29, 1.82) is 0 Å². The highest BCUT2D eigenvalue weighted by Crippen LogP contribution is 2.20. The second-order valence-corrected chi connectivity index (χ2v) is 4.57. The van der Waals surface area contributed by atoms with E-state index in [1.54, 1.807) is 12.3 Å². The minimum absolute atomic E-state index is 0.295. The van der Waals surface area contributed by atoms with Gasteiger partial charge in [-0.05, 0) is 25.6 Å². The molecule has 0 spiro atoms. The van der Waals surface area contributed by atoms with Crippen LogP contribution in [0.5, 0.6) is 5.88 Å². The van der Waals surface area contributed by atoms with Crippen molar-refractivity contribution >= 4 is 41.1 Å². The Morgan fingerprint density at radius 2 is 1.80 bits per heavy atom. The third-order valence-corrected chi connectivity index (χ3v) is 3.24. The van der Waals surface area contributed by atoms with E-state index in [1.165, 1.54) is 26.7 Å². The monoisotopic (exact) mass is 413 g/mol. The number of aryl methyl sites for hydroxylation is 1. The number of rotatable bonds is 3. The molecule has 1 amide bonds. The van der Waals surface area contributed by atoms with Gasteiger partial charge in [0, 0.05) is 10.7 Å². The zero-order chi connectivity index (χ0) is 19.8. The van der Waals surface area contributed by atoms with Gasteiger partial charge >= 0.3 is 0 Å². The van der Waals surface area contributed by atoms with Crippen molar-refractivity contribution in [3.63, 3.8) is 0 Å². The summed E-state index contributed by atoms with van der Waals surface area (Å²) < 4.78 is 5.85. The van der Waals surface area contributed by atoms with E-state index in [-0.39, 0.29) is 5.91 Å². The van der Waals surface area contributed by atoms with Gasteiger partial charge in [0.25, 0.3) is 5.91 Å². The molecule has 10 heteroatoms. The molecule has 0 aliphatic carbocycles. The number of nitrogens with one attached hydrogen (secondary N) is 1. The highest BCUT2D eigenvalue weighted by molar-refractivity contribution is 9.10. The molecule has 3 N–H and O–H groups in total. The summed E-state index contributed by atoms with van der Waals surface area (Å²) in [6, 6.07) is 1.65. The number of hydrogen-bond donors (Lipinski definition) is 2. The Hall–Kier alpha value is -2.72. The molecular weight excluding hydrogens is 394 g/mol. The number of aromatic nitrogens is 3. The van der Waals surface area contributed by atoms with Crippen LogP contribution in [0.4, 0.5) is 5.69 Å². The van der Waals surface area contributed by atoms with Crippen molar-refractivity contribution in [1.82, 2.24) is 15.0 Å². The van der Waals surface area contributed by atoms with Crippen LogP contribution in [0.1, 0.15) is 16.1 Å². The quantitative estimate of drug-likeness (QED) is 0.769. The number of nitrogens with zero attached hydrogens (tertiary/aromatic N) is 3. The largest absolute Gasteiger partial charge is 0.479 e. The first-order valence-electron chi connectivity index (χ1n) is 6.54. The van der Waals surface area contributed by atoms with E-state index in [1.807, 2.05) is 20.5 Å². The lowest BCUT2D eigenvalue weighted by Gasteiger charge is -2.08. The third kappa shape index (κ3) is 8.08. The van der Waals surface area contributed by atoms with E-state index in [2.05, 4.69) is 41.9 Å². The third-order valence-electron chi connectivity index (χ3n) is 2.39. The summed E-state index contributed by atoms with van der Waals surface area (Å²) in [5, 5.41) is 2.65. The number of ether oxygens (including phenoxy) is 1.